The molecule has 0 aliphatic carbocycles. The van der Waals surface area contributed by atoms with Crippen LogP contribution in [0.1, 0.15) is 34.9 Å². The summed E-state index contributed by atoms with van der Waals surface area (Å²) in [5.41, 5.74) is 10.3. The van der Waals surface area contributed by atoms with Gasteiger partial charge in [0, 0.05) is 22.7 Å². The van der Waals surface area contributed by atoms with E-state index < -0.39 is 0 Å². The molecule has 0 aliphatic heterocycles. The molecule has 5 rings (SSSR count). The molecule has 3 heterocycles. The molecule has 0 fully saturated rings. The standard InChI is InChI=1S/C29H28N4OS/c1-5-21-9-12-22(13-10-21)24-17-35-29(30-24)31-26(34)16-25-27(23-11-8-18(2)20(4)15-23)32-28-19(3)7-6-14-33(25)28/h6-15,17H,5,16H2,1-4H3,(H,30,31,34). The van der Waals surface area contributed by atoms with Crippen molar-refractivity contribution < 1.29 is 4.79 Å². The molecule has 3 aromatic heterocycles. The lowest BCUT2D eigenvalue weighted by atomic mass is 10.0. The number of carbonyl (C=O) groups is 1. The fourth-order valence-corrected chi connectivity index (χ4v) is 4.97. The van der Waals surface area contributed by atoms with E-state index in [2.05, 4.69) is 73.5 Å². The van der Waals surface area contributed by atoms with E-state index in [4.69, 9.17) is 4.98 Å². The predicted molar refractivity (Wildman–Crippen MR) is 144 cm³/mol. The Bertz CT molecular complexity index is 1530. The number of nitrogens with one attached hydrogen (secondary N) is 1. The van der Waals surface area contributed by atoms with Crippen LogP contribution >= 0.6 is 11.3 Å². The van der Waals surface area contributed by atoms with E-state index in [1.54, 1.807) is 0 Å². The fraction of sp³-hybridized carbons (Fsp3) is 0.207. The molecular formula is C29H28N4OS. The van der Waals surface area contributed by atoms with Gasteiger partial charge in [0.05, 0.1) is 23.5 Å². The number of aryl methyl sites for hydroxylation is 4. The van der Waals surface area contributed by atoms with Crippen molar-refractivity contribution in [2.24, 2.45) is 0 Å². The molecule has 0 spiro atoms. The van der Waals surface area contributed by atoms with E-state index in [0.717, 1.165) is 45.8 Å². The Balaban J connectivity index is 1.43. The third-order valence-electron chi connectivity index (χ3n) is 6.46. The Morgan fingerprint density at radius 1 is 0.943 bits per heavy atom. The number of imidazole rings is 1. The van der Waals surface area contributed by atoms with Gasteiger partial charge >= 0.3 is 0 Å². The molecule has 0 saturated carbocycles. The number of pyridine rings is 1. The van der Waals surface area contributed by atoms with Gasteiger partial charge in [-0.15, -0.1) is 11.3 Å². The molecule has 35 heavy (non-hydrogen) atoms. The molecule has 176 valence electrons. The summed E-state index contributed by atoms with van der Waals surface area (Å²) in [5.74, 6) is -0.111. The largest absolute Gasteiger partial charge is 0.303 e. The lowest BCUT2D eigenvalue weighted by Crippen LogP contribution is -2.16. The van der Waals surface area contributed by atoms with E-state index in [9.17, 15) is 4.79 Å². The van der Waals surface area contributed by atoms with Crippen LogP contribution in [-0.4, -0.2) is 20.3 Å². The van der Waals surface area contributed by atoms with E-state index in [-0.39, 0.29) is 12.3 Å². The molecule has 0 unspecified atom stereocenters. The normalized spacial score (nSPS) is 11.2. The molecule has 5 nitrogen and oxygen atoms in total. The van der Waals surface area contributed by atoms with E-state index in [1.807, 2.05) is 35.0 Å². The average Bonchev–Trinajstić information content (AvgIpc) is 3.47. The van der Waals surface area contributed by atoms with Crippen LogP contribution in [0.3, 0.4) is 0 Å². The van der Waals surface area contributed by atoms with Crippen molar-refractivity contribution in [3.63, 3.8) is 0 Å². The summed E-state index contributed by atoms with van der Waals surface area (Å²) >= 11 is 1.44. The van der Waals surface area contributed by atoms with Gasteiger partial charge in [0.15, 0.2) is 5.13 Å². The number of hydrogen-bond acceptors (Lipinski definition) is 4. The van der Waals surface area contributed by atoms with Crippen LogP contribution in [0.5, 0.6) is 0 Å². The quantitative estimate of drug-likeness (QED) is 0.291. The van der Waals surface area contributed by atoms with Gasteiger partial charge in [-0.1, -0.05) is 49.4 Å². The first kappa shape index (κ1) is 23.0. The molecule has 5 aromatic rings. The number of amides is 1. The minimum absolute atomic E-state index is 0.111. The van der Waals surface area contributed by atoms with Crippen LogP contribution in [0.4, 0.5) is 5.13 Å². The highest BCUT2D eigenvalue weighted by Gasteiger charge is 2.19. The SMILES string of the molecule is CCc1ccc(-c2csc(NC(=O)Cc3c(-c4ccc(C)c(C)c4)nc4c(C)cccn34)n2)cc1. The first-order chi connectivity index (χ1) is 16.9. The summed E-state index contributed by atoms with van der Waals surface area (Å²) < 4.78 is 2.03. The number of benzene rings is 2. The molecule has 0 atom stereocenters. The highest BCUT2D eigenvalue weighted by atomic mass is 32.1. The zero-order valence-electron chi connectivity index (χ0n) is 20.4. The summed E-state index contributed by atoms with van der Waals surface area (Å²) in [7, 11) is 0. The Kier molecular flexibility index (Phi) is 6.22. The van der Waals surface area contributed by atoms with Gasteiger partial charge in [-0.05, 0) is 61.6 Å². The van der Waals surface area contributed by atoms with Crippen LogP contribution in [0.2, 0.25) is 0 Å². The summed E-state index contributed by atoms with van der Waals surface area (Å²) in [5, 5.41) is 5.58. The number of rotatable bonds is 6. The monoisotopic (exact) mass is 480 g/mol. The highest BCUT2D eigenvalue weighted by molar-refractivity contribution is 7.14. The fourth-order valence-electron chi connectivity index (χ4n) is 4.23. The number of fused-ring (bicyclic) bond motifs is 1. The van der Waals surface area contributed by atoms with Crippen LogP contribution < -0.4 is 5.32 Å². The van der Waals surface area contributed by atoms with Crippen LogP contribution in [0.15, 0.2) is 66.2 Å². The van der Waals surface area contributed by atoms with E-state index >= 15 is 0 Å². The molecule has 6 heteroatoms. The first-order valence-corrected chi connectivity index (χ1v) is 12.7. The molecule has 0 saturated heterocycles. The van der Waals surface area contributed by atoms with Gasteiger partial charge in [0.2, 0.25) is 5.91 Å². The molecule has 1 amide bonds. The van der Waals surface area contributed by atoms with Crippen molar-refractivity contribution in [3.8, 4) is 22.5 Å². The lowest BCUT2D eigenvalue weighted by Gasteiger charge is -2.08. The Morgan fingerprint density at radius 3 is 2.46 bits per heavy atom. The molecule has 0 aliphatic rings. The maximum Gasteiger partial charge on any atom is 0.232 e. The maximum atomic E-state index is 13.2. The van der Waals surface area contributed by atoms with E-state index in [1.165, 1.54) is 28.0 Å². The van der Waals surface area contributed by atoms with Gasteiger partial charge in [-0.2, -0.15) is 0 Å². The molecule has 0 bridgehead atoms. The smallest absolute Gasteiger partial charge is 0.232 e. The summed E-state index contributed by atoms with van der Waals surface area (Å²) in [6.45, 7) is 8.38. The van der Waals surface area contributed by atoms with Gasteiger partial charge in [-0.3, -0.25) is 4.79 Å². The molecule has 2 aromatic carbocycles. The third-order valence-corrected chi connectivity index (χ3v) is 7.22. The van der Waals surface area contributed by atoms with Gasteiger partial charge in [0.1, 0.15) is 5.65 Å². The molecule has 0 radical (unpaired) electrons. The van der Waals surface area contributed by atoms with Crippen molar-refractivity contribution in [2.45, 2.75) is 40.5 Å². The van der Waals surface area contributed by atoms with Gasteiger partial charge < -0.3 is 9.72 Å². The number of thiazole rings is 1. The zero-order valence-corrected chi connectivity index (χ0v) is 21.2. The summed E-state index contributed by atoms with van der Waals surface area (Å²) in [4.78, 5) is 22.7. The number of aromatic nitrogens is 3. The second kappa shape index (κ2) is 9.47. The Hall–Kier alpha value is -3.77. The van der Waals surface area contributed by atoms with Gasteiger partial charge in [-0.25, -0.2) is 9.97 Å². The second-order valence-corrected chi connectivity index (χ2v) is 9.76. The minimum atomic E-state index is -0.111. The number of carbonyl (C=O) groups excluding carboxylic acids is 1. The van der Waals surface area contributed by atoms with Crippen LogP contribution in [0.25, 0.3) is 28.2 Å². The number of nitrogens with zero attached hydrogens (tertiary/aromatic N) is 3. The van der Waals surface area contributed by atoms with Crippen molar-refractivity contribution in [2.75, 3.05) is 5.32 Å². The number of anilines is 1. The summed E-state index contributed by atoms with van der Waals surface area (Å²) in [6.07, 6.45) is 3.18. The van der Waals surface area contributed by atoms with Gasteiger partial charge in [0.25, 0.3) is 0 Å². The van der Waals surface area contributed by atoms with Crippen molar-refractivity contribution >= 4 is 28.0 Å². The topological polar surface area (TPSA) is 59.3 Å². The minimum Gasteiger partial charge on any atom is -0.303 e. The lowest BCUT2D eigenvalue weighted by molar-refractivity contribution is -0.115. The van der Waals surface area contributed by atoms with Crippen LogP contribution in [0, 0.1) is 20.8 Å². The average molecular weight is 481 g/mol. The molecule has 1 N–H and O–H groups in total. The maximum absolute atomic E-state index is 13.2. The van der Waals surface area contributed by atoms with Crippen molar-refractivity contribution in [3.05, 3.63) is 94.1 Å². The summed E-state index contributed by atoms with van der Waals surface area (Å²) in [6, 6.07) is 18.8. The second-order valence-electron chi connectivity index (χ2n) is 8.90. The Morgan fingerprint density at radius 2 is 1.71 bits per heavy atom. The zero-order chi connectivity index (χ0) is 24.5. The third kappa shape index (κ3) is 4.62. The van der Waals surface area contributed by atoms with Crippen molar-refractivity contribution in [1.82, 2.24) is 14.4 Å². The van der Waals surface area contributed by atoms with E-state index in [0.29, 0.717) is 5.13 Å². The van der Waals surface area contributed by atoms with Crippen LogP contribution in [-0.2, 0) is 17.6 Å². The Labute approximate surface area is 209 Å². The molecular weight excluding hydrogens is 452 g/mol. The first-order valence-electron chi connectivity index (χ1n) is 11.8. The predicted octanol–water partition coefficient (Wildman–Crippen LogP) is 6.79. The van der Waals surface area contributed by atoms with Crippen molar-refractivity contribution in [1.29, 1.82) is 0 Å². The number of hydrogen-bond donors (Lipinski definition) is 1. The highest BCUT2D eigenvalue weighted by Crippen LogP contribution is 2.29.